The van der Waals surface area contributed by atoms with Crippen LogP contribution in [0.25, 0.3) is 10.4 Å². The molecule has 9 nitrogen and oxygen atoms in total. The van der Waals surface area contributed by atoms with E-state index in [2.05, 4.69) is 15.6 Å². The Morgan fingerprint density at radius 3 is 2.51 bits per heavy atom. The Morgan fingerprint density at radius 2 is 1.94 bits per heavy atom. The summed E-state index contributed by atoms with van der Waals surface area (Å²) in [5.74, 6) is -0.760. The molecule has 2 heterocycles. The number of aryl methyl sites for hydroxylation is 1. The van der Waals surface area contributed by atoms with Crippen molar-refractivity contribution in [1.29, 1.82) is 0 Å². The predicted octanol–water partition coefficient (Wildman–Crippen LogP) is 3.00. The van der Waals surface area contributed by atoms with Crippen molar-refractivity contribution in [2.75, 3.05) is 6.54 Å². The summed E-state index contributed by atoms with van der Waals surface area (Å²) in [6.07, 6.45) is -1.04. The third-order valence-corrected chi connectivity index (χ3v) is 6.67. The molecule has 0 bridgehead atoms. The van der Waals surface area contributed by atoms with Crippen LogP contribution >= 0.6 is 11.3 Å². The number of carbonyl (C=O) groups is 3. The van der Waals surface area contributed by atoms with Gasteiger partial charge >= 0.3 is 6.09 Å². The Labute approximate surface area is 209 Å². The van der Waals surface area contributed by atoms with Gasteiger partial charge < -0.3 is 25.4 Å². The lowest BCUT2D eigenvalue weighted by Crippen LogP contribution is -2.53. The molecule has 1 saturated heterocycles. The number of alkyl carbamates (subject to hydrolysis) is 1. The molecular weight excluding hydrogens is 468 g/mol. The number of benzene rings is 1. The van der Waals surface area contributed by atoms with Crippen LogP contribution in [0.4, 0.5) is 4.79 Å². The van der Waals surface area contributed by atoms with Gasteiger partial charge in [-0.2, -0.15) is 0 Å². The molecule has 190 valence electrons. The molecule has 3 atom stereocenters. The van der Waals surface area contributed by atoms with Gasteiger partial charge in [0.1, 0.15) is 17.7 Å². The van der Waals surface area contributed by atoms with Crippen LogP contribution in [-0.4, -0.2) is 63.2 Å². The minimum atomic E-state index is -0.854. The molecule has 1 aromatic carbocycles. The quantitative estimate of drug-likeness (QED) is 0.535. The van der Waals surface area contributed by atoms with Crippen molar-refractivity contribution in [2.45, 2.75) is 77.8 Å². The highest BCUT2D eigenvalue weighted by molar-refractivity contribution is 7.13. The molecule has 3 amide bonds. The smallest absolute Gasteiger partial charge is 0.408 e. The fourth-order valence-corrected chi connectivity index (χ4v) is 4.77. The molecule has 3 N–H and O–H groups in total. The van der Waals surface area contributed by atoms with Crippen molar-refractivity contribution in [3.05, 3.63) is 41.0 Å². The number of ether oxygens (including phenoxy) is 1. The molecule has 0 unspecified atom stereocenters. The van der Waals surface area contributed by atoms with Crippen molar-refractivity contribution in [1.82, 2.24) is 20.5 Å². The van der Waals surface area contributed by atoms with Crippen LogP contribution in [0, 0.1) is 6.92 Å². The van der Waals surface area contributed by atoms with Gasteiger partial charge in [0.15, 0.2) is 0 Å². The number of amides is 3. The van der Waals surface area contributed by atoms with E-state index in [-0.39, 0.29) is 18.9 Å². The van der Waals surface area contributed by atoms with Gasteiger partial charge in [-0.25, -0.2) is 9.78 Å². The second-order valence-corrected chi connectivity index (χ2v) is 10.5. The summed E-state index contributed by atoms with van der Waals surface area (Å²) in [5.41, 5.74) is 4.08. The predicted molar refractivity (Wildman–Crippen MR) is 134 cm³/mol. The normalized spacial score (nSPS) is 18.7. The minimum Gasteiger partial charge on any atom is -0.444 e. The minimum absolute atomic E-state index is 0.0340. The average Bonchev–Trinajstić information content (AvgIpc) is 3.40. The third kappa shape index (κ3) is 7.02. The van der Waals surface area contributed by atoms with Crippen LogP contribution in [0.1, 0.15) is 51.8 Å². The van der Waals surface area contributed by atoms with Crippen LogP contribution in [0.3, 0.4) is 0 Å². The second-order valence-electron chi connectivity index (χ2n) is 9.68. The fourth-order valence-electron chi connectivity index (χ4n) is 3.95. The Balaban J connectivity index is 1.61. The number of aliphatic hydroxyl groups is 1. The summed E-state index contributed by atoms with van der Waals surface area (Å²) in [6, 6.07) is 6.20. The molecule has 10 heteroatoms. The summed E-state index contributed by atoms with van der Waals surface area (Å²) in [7, 11) is 0. The van der Waals surface area contributed by atoms with E-state index >= 15 is 0 Å². The number of hydrogen-bond acceptors (Lipinski definition) is 7. The van der Waals surface area contributed by atoms with E-state index in [9.17, 15) is 19.5 Å². The Kier molecular flexibility index (Phi) is 8.50. The molecule has 2 aromatic rings. The zero-order valence-corrected chi connectivity index (χ0v) is 21.6. The number of β-amino-alcohol motifs (C(OH)–C–C–N with tert-alkyl or cyclic N) is 1. The van der Waals surface area contributed by atoms with Gasteiger partial charge in [-0.1, -0.05) is 31.2 Å². The molecule has 1 aliphatic rings. The number of nitrogens with zero attached hydrogens (tertiary/aromatic N) is 2. The van der Waals surface area contributed by atoms with Crippen LogP contribution < -0.4 is 10.6 Å². The molecule has 0 aliphatic carbocycles. The highest BCUT2D eigenvalue weighted by atomic mass is 32.1. The standard InChI is InChI=1S/C25H34N4O5S/c1-6-19(28-24(33)34-25(3,4)5)23(32)29-13-18(30)11-20(29)22(31)26-12-16-7-9-17(10-8-16)21-15(2)27-14-35-21/h7-10,14,18-20,30H,6,11-13H2,1-5H3,(H,26,31)(H,28,33)/t18-,19+,20+/m1/s1. The van der Waals surface area contributed by atoms with Crippen LogP contribution in [-0.2, 0) is 20.9 Å². The van der Waals surface area contributed by atoms with E-state index in [4.69, 9.17) is 4.74 Å². The van der Waals surface area contributed by atoms with Gasteiger partial charge in [0.05, 0.1) is 22.2 Å². The van der Waals surface area contributed by atoms with Gasteiger partial charge in [-0.05, 0) is 45.2 Å². The van der Waals surface area contributed by atoms with E-state index in [1.165, 1.54) is 4.90 Å². The fraction of sp³-hybridized carbons (Fsp3) is 0.520. The highest BCUT2D eigenvalue weighted by Gasteiger charge is 2.41. The van der Waals surface area contributed by atoms with Crippen LogP contribution in [0.5, 0.6) is 0 Å². The number of likely N-dealkylation sites (tertiary alicyclic amines) is 1. The van der Waals surface area contributed by atoms with Crippen molar-refractivity contribution in [3.63, 3.8) is 0 Å². The Morgan fingerprint density at radius 1 is 1.26 bits per heavy atom. The van der Waals surface area contributed by atoms with Crippen molar-refractivity contribution in [3.8, 4) is 10.4 Å². The van der Waals surface area contributed by atoms with Crippen molar-refractivity contribution < 1.29 is 24.2 Å². The topological polar surface area (TPSA) is 121 Å². The third-order valence-electron chi connectivity index (χ3n) is 5.69. The second kappa shape index (κ2) is 11.2. The summed E-state index contributed by atoms with van der Waals surface area (Å²) in [6.45, 7) is 9.27. The first-order chi connectivity index (χ1) is 16.5. The number of aromatic nitrogens is 1. The molecule has 1 aromatic heterocycles. The lowest BCUT2D eigenvalue weighted by atomic mass is 10.1. The molecular formula is C25H34N4O5S. The van der Waals surface area contributed by atoms with Crippen LogP contribution in [0.15, 0.2) is 29.8 Å². The van der Waals surface area contributed by atoms with Crippen molar-refractivity contribution >= 4 is 29.2 Å². The van der Waals surface area contributed by atoms with Gasteiger partial charge in [0.2, 0.25) is 11.8 Å². The summed E-state index contributed by atoms with van der Waals surface area (Å²) < 4.78 is 5.25. The zero-order valence-electron chi connectivity index (χ0n) is 20.8. The van der Waals surface area contributed by atoms with Gasteiger partial charge in [0, 0.05) is 19.5 Å². The van der Waals surface area contributed by atoms with Gasteiger partial charge in [0.25, 0.3) is 0 Å². The number of aliphatic hydroxyl groups excluding tert-OH is 1. The molecule has 0 radical (unpaired) electrons. The lowest BCUT2D eigenvalue weighted by molar-refractivity contribution is -0.140. The lowest BCUT2D eigenvalue weighted by Gasteiger charge is -2.29. The summed E-state index contributed by atoms with van der Waals surface area (Å²) >= 11 is 1.58. The maximum Gasteiger partial charge on any atom is 0.408 e. The SMILES string of the molecule is CC[C@H](NC(=O)OC(C)(C)C)C(=O)N1C[C@H](O)C[C@H]1C(=O)NCc1ccc(-c2scnc2C)cc1. The van der Waals surface area contributed by atoms with E-state index in [0.29, 0.717) is 13.0 Å². The van der Waals surface area contributed by atoms with Gasteiger partial charge in [-0.3, -0.25) is 9.59 Å². The maximum absolute atomic E-state index is 13.2. The molecule has 0 spiro atoms. The highest BCUT2D eigenvalue weighted by Crippen LogP contribution is 2.27. The summed E-state index contributed by atoms with van der Waals surface area (Å²) in [4.78, 5) is 45.0. The number of nitrogens with one attached hydrogen (secondary N) is 2. The first-order valence-corrected chi connectivity index (χ1v) is 12.6. The average molecular weight is 503 g/mol. The Bertz CT molecular complexity index is 1050. The zero-order chi connectivity index (χ0) is 25.8. The van der Waals surface area contributed by atoms with E-state index in [1.54, 1.807) is 39.0 Å². The number of carbonyl (C=O) groups excluding carboxylic acids is 3. The molecule has 1 aliphatic heterocycles. The first-order valence-electron chi connectivity index (χ1n) is 11.7. The Hall–Kier alpha value is -2.98. The maximum atomic E-state index is 13.2. The van der Waals surface area contributed by atoms with Gasteiger partial charge in [-0.15, -0.1) is 11.3 Å². The van der Waals surface area contributed by atoms with E-state index < -0.39 is 35.8 Å². The van der Waals surface area contributed by atoms with E-state index in [0.717, 1.165) is 21.7 Å². The summed E-state index contributed by atoms with van der Waals surface area (Å²) in [5, 5.41) is 15.7. The largest absolute Gasteiger partial charge is 0.444 e. The van der Waals surface area contributed by atoms with Crippen molar-refractivity contribution in [2.24, 2.45) is 0 Å². The monoisotopic (exact) mass is 502 g/mol. The molecule has 0 saturated carbocycles. The molecule has 35 heavy (non-hydrogen) atoms. The number of hydrogen-bond donors (Lipinski definition) is 3. The number of rotatable bonds is 7. The van der Waals surface area contributed by atoms with Crippen LogP contribution in [0.2, 0.25) is 0 Å². The molecule has 3 rings (SSSR count). The first kappa shape index (κ1) is 26.6. The van der Waals surface area contributed by atoms with E-state index in [1.807, 2.05) is 36.7 Å². The number of thiazole rings is 1. The molecule has 1 fully saturated rings.